The van der Waals surface area contributed by atoms with E-state index >= 15 is 0 Å². The number of hydrogen-bond acceptors (Lipinski definition) is 7. The first kappa shape index (κ1) is 19.4. The quantitative estimate of drug-likeness (QED) is 0.666. The van der Waals surface area contributed by atoms with Gasteiger partial charge in [0.05, 0.1) is 13.0 Å². The average Bonchev–Trinajstić information content (AvgIpc) is 3.07. The second-order valence-electron chi connectivity index (χ2n) is 6.36. The molecule has 3 rings (SSSR count). The standard InChI is InChI=1S/C19H20N2O7/c1-10-7-15(22)17(24)18(28-10)13(11-3-5-12(26-2)6-4-11)8-16(23)20-14-9-27-21-19(14)25/h3-7,13-14,24H,8-9H2,1-2H3,(H,20,23)(H,21,25)/t13?,14-/m1/s1. The molecule has 1 aromatic carbocycles. The van der Waals surface area contributed by atoms with Gasteiger partial charge in [0.1, 0.15) is 24.2 Å². The molecule has 2 aromatic rings. The number of aromatic hydroxyl groups is 1. The maximum absolute atomic E-state index is 12.5. The van der Waals surface area contributed by atoms with E-state index in [1.165, 1.54) is 13.2 Å². The zero-order chi connectivity index (χ0) is 20.3. The molecule has 9 heteroatoms. The fourth-order valence-corrected chi connectivity index (χ4v) is 2.95. The Balaban J connectivity index is 1.93. The summed E-state index contributed by atoms with van der Waals surface area (Å²) in [6.45, 7) is 1.60. The molecule has 0 spiro atoms. The molecule has 0 saturated carbocycles. The summed E-state index contributed by atoms with van der Waals surface area (Å²) in [6, 6.07) is 7.19. The molecule has 28 heavy (non-hydrogen) atoms. The van der Waals surface area contributed by atoms with Gasteiger partial charge in [0.15, 0.2) is 5.76 Å². The van der Waals surface area contributed by atoms with Gasteiger partial charge in [-0.3, -0.25) is 19.2 Å². The number of carbonyl (C=O) groups is 2. The molecule has 1 aromatic heterocycles. The average molecular weight is 388 g/mol. The summed E-state index contributed by atoms with van der Waals surface area (Å²) in [7, 11) is 1.53. The number of nitrogens with one attached hydrogen (secondary N) is 2. The van der Waals surface area contributed by atoms with Crippen molar-refractivity contribution in [1.29, 1.82) is 0 Å². The first-order chi connectivity index (χ1) is 13.4. The minimum absolute atomic E-state index is 0.0163. The second kappa shape index (κ2) is 8.13. The van der Waals surface area contributed by atoms with Gasteiger partial charge in [-0.1, -0.05) is 12.1 Å². The van der Waals surface area contributed by atoms with E-state index in [1.807, 2.05) is 0 Å². The molecule has 9 nitrogen and oxygen atoms in total. The van der Waals surface area contributed by atoms with Gasteiger partial charge in [0, 0.05) is 12.5 Å². The summed E-state index contributed by atoms with van der Waals surface area (Å²) in [4.78, 5) is 40.9. The molecule has 0 radical (unpaired) electrons. The number of benzene rings is 1. The van der Waals surface area contributed by atoms with E-state index < -0.39 is 35.0 Å². The van der Waals surface area contributed by atoms with Crippen LogP contribution in [0.25, 0.3) is 0 Å². The van der Waals surface area contributed by atoms with Gasteiger partial charge in [0.2, 0.25) is 17.1 Å². The predicted octanol–water partition coefficient (Wildman–Crippen LogP) is 0.731. The number of methoxy groups -OCH3 is 1. The molecule has 0 bridgehead atoms. The van der Waals surface area contributed by atoms with E-state index in [2.05, 4.69) is 10.8 Å². The lowest BCUT2D eigenvalue weighted by Gasteiger charge is -2.19. The van der Waals surface area contributed by atoms with E-state index in [1.54, 1.807) is 31.2 Å². The molecule has 0 aliphatic carbocycles. The number of hydrogen-bond donors (Lipinski definition) is 3. The van der Waals surface area contributed by atoms with Crippen molar-refractivity contribution in [1.82, 2.24) is 10.8 Å². The molecule has 1 aliphatic rings. The monoisotopic (exact) mass is 388 g/mol. The van der Waals surface area contributed by atoms with Gasteiger partial charge in [-0.15, -0.1) is 0 Å². The summed E-state index contributed by atoms with van der Waals surface area (Å²) in [5.74, 6) is -1.31. The van der Waals surface area contributed by atoms with Crippen molar-refractivity contribution < 1.29 is 28.7 Å². The fraction of sp³-hybridized carbons (Fsp3) is 0.316. The Morgan fingerprint density at radius 2 is 2.07 bits per heavy atom. The molecule has 1 aliphatic heterocycles. The third-order valence-corrected chi connectivity index (χ3v) is 4.37. The Hall–Kier alpha value is -3.33. The van der Waals surface area contributed by atoms with Crippen molar-refractivity contribution in [2.75, 3.05) is 13.7 Å². The minimum atomic E-state index is -0.804. The van der Waals surface area contributed by atoms with Gasteiger partial charge < -0.3 is 19.6 Å². The third-order valence-electron chi connectivity index (χ3n) is 4.37. The highest BCUT2D eigenvalue weighted by molar-refractivity contribution is 5.88. The predicted molar refractivity (Wildman–Crippen MR) is 96.9 cm³/mol. The Morgan fingerprint density at radius 1 is 1.36 bits per heavy atom. The molecule has 2 heterocycles. The number of aryl methyl sites for hydroxylation is 1. The van der Waals surface area contributed by atoms with Crippen LogP contribution >= 0.6 is 0 Å². The van der Waals surface area contributed by atoms with Crippen LogP contribution in [0, 0.1) is 6.92 Å². The first-order valence-electron chi connectivity index (χ1n) is 8.57. The molecular weight excluding hydrogens is 368 g/mol. The smallest absolute Gasteiger partial charge is 0.268 e. The number of rotatable bonds is 6. The molecule has 2 atom stereocenters. The highest BCUT2D eigenvalue weighted by Crippen LogP contribution is 2.33. The lowest BCUT2D eigenvalue weighted by molar-refractivity contribution is -0.128. The van der Waals surface area contributed by atoms with Crippen molar-refractivity contribution >= 4 is 11.8 Å². The lowest BCUT2D eigenvalue weighted by Crippen LogP contribution is -2.42. The minimum Gasteiger partial charge on any atom is -0.502 e. The van der Waals surface area contributed by atoms with Crippen LogP contribution in [0.5, 0.6) is 11.5 Å². The van der Waals surface area contributed by atoms with Crippen molar-refractivity contribution in [2.24, 2.45) is 0 Å². The highest BCUT2D eigenvalue weighted by Gasteiger charge is 2.30. The molecule has 1 saturated heterocycles. The fourth-order valence-electron chi connectivity index (χ4n) is 2.95. The Morgan fingerprint density at radius 3 is 2.68 bits per heavy atom. The third kappa shape index (κ3) is 4.15. The normalized spacial score (nSPS) is 17.1. The SMILES string of the molecule is COc1ccc(C(CC(=O)N[C@@H]2CONC2=O)c2oc(C)cc(=O)c2O)cc1. The summed E-state index contributed by atoms with van der Waals surface area (Å²) in [5, 5.41) is 12.8. The summed E-state index contributed by atoms with van der Waals surface area (Å²) in [6.07, 6.45) is -0.157. The molecule has 2 amide bonds. The van der Waals surface area contributed by atoms with Crippen molar-refractivity contribution in [2.45, 2.75) is 25.3 Å². The van der Waals surface area contributed by atoms with Crippen LogP contribution in [-0.4, -0.2) is 36.7 Å². The van der Waals surface area contributed by atoms with E-state index in [0.29, 0.717) is 17.1 Å². The molecule has 1 unspecified atom stereocenters. The van der Waals surface area contributed by atoms with E-state index in [4.69, 9.17) is 14.0 Å². The summed E-state index contributed by atoms with van der Waals surface area (Å²) in [5.41, 5.74) is 2.20. The van der Waals surface area contributed by atoms with Crippen molar-refractivity contribution in [3.63, 3.8) is 0 Å². The Bertz CT molecular complexity index is 936. The number of ether oxygens (including phenoxy) is 1. The first-order valence-corrected chi connectivity index (χ1v) is 8.57. The van der Waals surface area contributed by atoms with Crippen molar-refractivity contribution in [3.8, 4) is 11.5 Å². The van der Waals surface area contributed by atoms with Crippen LogP contribution in [0.2, 0.25) is 0 Å². The summed E-state index contributed by atoms with van der Waals surface area (Å²) >= 11 is 0. The topological polar surface area (TPSA) is 127 Å². The van der Waals surface area contributed by atoms with Crippen LogP contribution in [-0.2, 0) is 14.4 Å². The Kier molecular flexibility index (Phi) is 5.65. The van der Waals surface area contributed by atoms with E-state index in [0.717, 1.165) is 0 Å². The van der Waals surface area contributed by atoms with Gasteiger partial charge in [-0.25, -0.2) is 5.48 Å². The maximum atomic E-state index is 12.5. The van der Waals surface area contributed by atoms with Crippen LogP contribution < -0.4 is 21.0 Å². The molecule has 148 valence electrons. The lowest BCUT2D eigenvalue weighted by atomic mass is 9.91. The molecular formula is C19H20N2O7. The number of hydroxylamine groups is 1. The van der Waals surface area contributed by atoms with Crippen LogP contribution in [0.3, 0.4) is 0 Å². The number of carbonyl (C=O) groups excluding carboxylic acids is 2. The maximum Gasteiger partial charge on any atom is 0.268 e. The van der Waals surface area contributed by atoms with Gasteiger partial charge in [-0.2, -0.15) is 0 Å². The van der Waals surface area contributed by atoms with Gasteiger partial charge in [0.25, 0.3) is 5.91 Å². The molecule has 1 fully saturated rings. The largest absolute Gasteiger partial charge is 0.502 e. The van der Waals surface area contributed by atoms with Gasteiger partial charge in [-0.05, 0) is 24.6 Å². The molecule has 3 N–H and O–H groups in total. The van der Waals surface area contributed by atoms with Crippen molar-refractivity contribution in [3.05, 3.63) is 57.6 Å². The zero-order valence-corrected chi connectivity index (χ0v) is 15.4. The van der Waals surface area contributed by atoms with E-state index in [9.17, 15) is 19.5 Å². The van der Waals surface area contributed by atoms with E-state index in [-0.39, 0.29) is 18.8 Å². The summed E-state index contributed by atoms with van der Waals surface area (Å²) < 4.78 is 10.7. The Labute approximate surface area is 160 Å². The van der Waals surface area contributed by atoms with Crippen LogP contribution in [0.15, 0.2) is 39.5 Å². The second-order valence-corrected chi connectivity index (χ2v) is 6.36. The highest BCUT2D eigenvalue weighted by atomic mass is 16.7. The van der Waals surface area contributed by atoms with Crippen LogP contribution in [0.4, 0.5) is 0 Å². The van der Waals surface area contributed by atoms with Gasteiger partial charge >= 0.3 is 0 Å². The zero-order valence-electron chi connectivity index (χ0n) is 15.4. The van der Waals surface area contributed by atoms with Crippen LogP contribution in [0.1, 0.15) is 29.4 Å². The number of amides is 2.